The van der Waals surface area contributed by atoms with Crippen molar-refractivity contribution in [2.45, 2.75) is 19.4 Å². The van der Waals surface area contributed by atoms with Crippen LogP contribution >= 0.6 is 0 Å². The average molecular weight is 492 g/mol. The summed E-state index contributed by atoms with van der Waals surface area (Å²) in [5, 5.41) is 3.37. The second-order valence-electron chi connectivity index (χ2n) is 9.25. The van der Waals surface area contributed by atoms with E-state index < -0.39 is 0 Å². The van der Waals surface area contributed by atoms with Crippen molar-refractivity contribution in [2.24, 2.45) is 5.92 Å². The van der Waals surface area contributed by atoms with Crippen LogP contribution in [0, 0.1) is 12.5 Å². The standard InChI is InChI=1S/C28H25N7O2/c1-29-22-5-6-25-24(14-22)33-28-34(25)12-9-26(36)35(28)17-20-3-2-4-21(13-20)27-31-15-23(16-32-27)37-18-19-7-10-30-11-8-19/h2-6,9,12-16,19,30H,7-8,10-11,17-18H2. The number of piperidine rings is 1. The summed E-state index contributed by atoms with van der Waals surface area (Å²) in [6, 6.07) is 14.7. The molecule has 1 aliphatic rings. The lowest BCUT2D eigenvalue weighted by molar-refractivity contribution is 0.214. The minimum Gasteiger partial charge on any atom is -0.490 e. The minimum atomic E-state index is -0.148. The molecular formula is C28H25N7O2. The van der Waals surface area contributed by atoms with Crippen molar-refractivity contribution >= 4 is 22.5 Å². The Labute approximate surface area is 213 Å². The molecule has 0 amide bonds. The molecule has 0 radical (unpaired) electrons. The van der Waals surface area contributed by atoms with Gasteiger partial charge in [-0.25, -0.2) is 19.8 Å². The van der Waals surface area contributed by atoms with Gasteiger partial charge in [0.05, 0.1) is 43.2 Å². The highest BCUT2D eigenvalue weighted by atomic mass is 16.5. The first-order chi connectivity index (χ1) is 18.2. The largest absolute Gasteiger partial charge is 0.490 e. The number of ether oxygens (including phenoxy) is 1. The van der Waals surface area contributed by atoms with Gasteiger partial charge in [-0.15, -0.1) is 0 Å². The summed E-state index contributed by atoms with van der Waals surface area (Å²) in [4.78, 5) is 30.0. The van der Waals surface area contributed by atoms with Gasteiger partial charge < -0.3 is 10.1 Å². The summed E-state index contributed by atoms with van der Waals surface area (Å²) in [5.74, 6) is 2.36. The van der Waals surface area contributed by atoms with Crippen molar-refractivity contribution < 1.29 is 4.74 Å². The van der Waals surface area contributed by atoms with Gasteiger partial charge in [-0.3, -0.25) is 13.8 Å². The van der Waals surface area contributed by atoms with Gasteiger partial charge in [0.1, 0.15) is 0 Å². The summed E-state index contributed by atoms with van der Waals surface area (Å²) in [5.41, 5.74) is 3.68. The van der Waals surface area contributed by atoms with Crippen molar-refractivity contribution in [3.63, 3.8) is 0 Å². The highest BCUT2D eigenvalue weighted by Gasteiger charge is 2.14. The highest BCUT2D eigenvalue weighted by Crippen LogP contribution is 2.23. The van der Waals surface area contributed by atoms with Crippen molar-refractivity contribution in [2.75, 3.05) is 19.7 Å². The number of benzene rings is 2. The summed E-state index contributed by atoms with van der Waals surface area (Å²) < 4.78 is 9.43. The fourth-order valence-corrected chi connectivity index (χ4v) is 4.75. The van der Waals surface area contributed by atoms with Gasteiger partial charge in [-0.2, -0.15) is 0 Å². The molecular weight excluding hydrogens is 466 g/mol. The number of aromatic nitrogens is 5. The molecule has 1 fully saturated rings. The third-order valence-corrected chi connectivity index (χ3v) is 6.76. The Morgan fingerprint density at radius 2 is 1.92 bits per heavy atom. The Balaban J connectivity index is 1.24. The lowest BCUT2D eigenvalue weighted by atomic mass is 9.99. The SMILES string of the molecule is [C-]#[N+]c1ccc2c(c1)nc1n(Cc3cccc(-c4ncc(OCC5CCNCC5)cn4)c3)c(=O)ccn21. The first kappa shape index (κ1) is 22.9. The first-order valence-corrected chi connectivity index (χ1v) is 12.3. The molecule has 0 unspecified atom stereocenters. The van der Waals surface area contributed by atoms with E-state index in [2.05, 4.69) is 25.1 Å². The van der Waals surface area contributed by atoms with Crippen LogP contribution in [-0.2, 0) is 6.54 Å². The van der Waals surface area contributed by atoms with E-state index in [1.807, 2.05) is 34.7 Å². The van der Waals surface area contributed by atoms with Crippen LogP contribution in [0.25, 0.3) is 33.0 Å². The van der Waals surface area contributed by atoms with Gasteiger partial charge in [0, 0.05) is 17.8 Å². The topological polar surface area (TPSA) is 90.7 Å². The molecule has 184 valence electrons. The lowest BCUT2D eigenvalue weighted by Crippen LogP contribution is -2.30. The predicted molar refractivity (Wildman–Crippen MR) is 141 cm³/mol. The fourth-order valence-electron chi connectivity index (χ4n) is 4.75. The smallest absolute Gasteiger partial charge is 0.255 e. The normalized spacial score (nSPS) is 14.1. The predicted octanol–water partition coefficient (Wildman–Crippen LogP) is 4.08. The van der Waals surface area contributed by atoms with Crippen molar-refractivity contribution in [3.8, 4) is 17.1 Å². The molecule has 6 rings (SSSR count). The highest BCUT2D eigenvalue weighted by molar-refractivity contribution is 5.83. The Hall–Kier alpha value is -4.55. The molecule has 37 heavy (non-hydrogen) atoms. The van der Waals surface area contributed by atoms with Crippen molar-refractivity contribution in [1.29, 1.82) is 0 Å². The van der Waals surface area contributed by atoms with E-state index in [-0.39, 0.29) is 5.56 Å². The van der Waals surface area contributed by atoms with Crippen LogP contribution < -0.4 is 15.6 Å². The van der Waals surface area contributed by atoms with Crippen LogP contribution in [0.3, 0.4) is 0 Å². The quantitative estimate of drug-likeness (QED) is 0.360. The van der Waals surface area contributed by atoms with Gasteiger partial charge in [-0.05, 0) is 55.6 Å². The van der Waals surface area contributed by atoms with Crippen LogP contribution in [0.5, 0.6) is 5.75 Å². The second-order valence-corrected chi connectivity index (χ2v) is 9.25. The number of hydrogen-bond acceptors (Lipinski definition) is 6. The Morgan fingerprint density at radius 3 is 2.73 bits per heavy atom. The molecule has 0 saturated carbocycles. The van der Waals surface area contributed by atoms with E-state index in [0.29, 0.717) is 47.6 Å². The van der Waals surface area contributed by atoms with Gasteiger partial charge in [0.2, 0.25) is 5.78 Å². The minimum absolute atomic E-state index is 0.148. The zero-order chi connectivity index (χ0) is 25.2. The van der Waals surface area contributed by atoms with E-state index in [1.165, 1.54) is 6.07 Å². The Morgan fingerprint density at radius 1 is 1.08 bits per heavy atom. The summed E-state index contributed by atoms with van der Waals surface area (Å²) in [6.45, 7) is 10.4. The molecule has 9 nitrogen and oxygen atoms in total. The molecule has 4 heterocycles. The van der Waals surface area contributed by atoms with E-state index in [9.17, 15) is 4.79 Å². The van der Waals surface area contributed by atoms with E-state index >= 15 is 0 Å². The average Bonchev–Trinajstić information content (AvgIpc) is 3.32. The Kier molecular flexibility index (Phi) is 6.08. The van der Waals surface area contributed by atoms with Gasteiger partial charge in [-0.1, -0.05) is 24.3 Å². The first-order valence-electron chi connectivity index (χ1n) is 12.3. The van der Waals surface area contributed by atoms with Gasteiger partial charge in [0.15, 0.2) is 17.3 Å². The zero-order valence-corrected chi connectivity index (χ0v) is 20.2. The van der Waals surface area contributed by atoms with Crippen molar-refractivity contribution in [3.05, 3.63) is 94.5 Å². The third-order valence-electron chi connectivity index (χ3n) is 6.76. The molecule has 1 N–H and O–H groups in total. The van der Waals surface area contributed by atoms with Crippen LogP contribution in [0.2, 0.25) is 0 Å². The van der Waals surface area contributed by atoms with Crippen LogP contribution in [0.1, 0.15) is 18.4 Å². The molecule has 1 saturated heterocycles. The maximum absolute atomic E-state index is 12.8. The molecule has 5 aromatic rings. The fraction of sp³-hybridized carbons (Fsp3) is 0.250. The van der Waals surface area contributed by atoms with Crippen LogP contribution in [0.15, 0.2) is 71.9 Å². The second kappa shape index (κ2) is 9.84. The molecule has 0 atom stereocenters. The summed E-state index contributed by atoms with van der Waals surface area (Å²) >= 11 is 0. The number of nitrogens with one attached hydrogen (secondary N) is 1. The molecule has 0 aliphatic carbocycles. The van der Waals surface area contributed by atoms with Crippen LogP contribution in [0.4, 0.5) is 5.69 Å². The third kappa shape index (κ3) is 4.67. The molecule has 9 heteroatoms. The summed E-state index contributed by atoms with van der Waals surface area (Å²) in [7, 11) is 0. The number of nitrogens with zero attached hydrogens (tertiary/aromatic N) is 6. The zero-order valence-electron chi connectivity index (χ0n) is 20.2. The Bertz CT molecular complexity index is 1680. The molecule has 3 aromatic heterocycles. The van der Waals surface area contributed by atoms with E-state index in [0.717, 1.165) is 42.6 Å². The number of fused-ring (bicyclic) bond motifs is 3. The lowest BCUT2D eigenvalue weighted by Gasteiger charge is -2.22. The van der Waals surface area contributed by atoms with Crippen LogP contribution in [-0.4, -0.2) is 43.6 Å². The van der Waals surface area contributed by atoms with Gasteiger partial charge >= 0.3 is 0 Å². The van der Waals surface area contributed by atoms with E-state index in [4.69, 9.17) is 11.3 Å². The van der Waals surface area contributed by atoms with Crippen molar-refractivity contribution in [1.82, 2.24) is 29.2 Å². The molecule has 0 spiro atoms. The maximum atomic E-state index is 12.8. The number of rotatable bonds is 6. The molecule has 0 bridgehead atoms. The number of hydrogen-bond donors (Lipinski definition) is 1. The monoisotopic (exact) mass is 491 g/mol. The molecule has 2 aromatic carbocycles. The van der Waals surface area contributed by atoms with E-state index in [1.54, 1.807) is 35.3 Å². The summed E-state index contributed by atoms with van der Waals surface area (Å²) in [6.07, 6.45) is 7.41. The maximum Gasteiger partial charge on any atom is 0.255 e. The molecule has 1 aliphatic heterocycles. The van der Waals surface area contributed by atoms with Gasteiger partial charge in [0.25, 0.3) is 5.56 Å². The number of imidazole rings is 1.